The van der Waals surface area contributed by atoms with E-state index in [1.807, 2.05) is 30.3 Å². The first-order valence-corrected chi connectivity index (χ1v) is 30.8. The summed E-state index contributed by atoms with van der Waals surface area (Å²) >= 11 is 0. The van der Waals surface area contributed by atoms with E-state index in [9.17, 15) is 107 Å². The predicted octanol–water partition coefficient (Wildman–Crippen LogP) is -11.5. The molecule has 22 heterocycles. The molecule has 24 rings (SSSR count). The molecule has 21 N–H and O–H groups in total. The summed E-state index contributed by atoms with van der Waals surface area (Å²) in [5.41, 5.74) is 2.10. The largest absolute Gasteiger partial charge is 0.394 e. The van der Waals surface area contributed by atoms with Gasteiger partial charge in [0.15, 0.2) is 44.0 Å². The SMILES string of the molecule is O=C(NC[C@H]1O[C@@H]2O[C@H]3[C@H](O)[C@@H](O)[C@@H](O[C@H]4[C@H](O)[C@@H](O)[C@@H](O[C@H]5[C@H](O)[C@@H](O)[C@@H](O[C@H]6[C@H](O)[C@@H](O)[C@@H](O[C@H]7[C@H](O)[C@@H](O)[C@@H](O[C@H]8[C@H](O)[C@@H](O)[C@@H](O[C@H]1[C@H](O)[C@H]2O)O[C@@H]8CO)O[C@@H]7CO)O[C@@H]6CO)O[C@@H]5CO)O[C@@H]4CO)O[C@@H]3CO)c1conc1-c1ccc(-c2ccccc2)cc1. The second-order valence-electron chi connectivity index (χ2n) is 24.2. The fraction of sp³-hybridized carbons (Fsp3) is 0.724. The Morgan fingerprint density at radius 3 is 0.823 bits per heavy atom. The zero-order chi connectivity index (χ0) is 68.7. The summed E-state index contributed by atoms with van der Waals surface area (Å²) in [5.74, 6) is -0.881. The van der Waals surface area contributed by atoms with Crippen molar-refractivity contribution in [2.75, 3.05) is 46.2 Å². The predicted molar refractivity (Wildman–Crippen MR) is 301 cm³/mol. The van der Waals surface area contributed by atoms with Gasteiger partial charge in [-0.3, -0.25) is 4.79 Å². The van der Waals surface area contributed by atoms with E-state index < -0.39 is 267 Å². The number of nitrogens with zero attached hydrogens (tertiary/aromatic N) is 1. The van der Waals surface area contributed by atoms with Crippen LogP contribution in [0.5, 0.6) is 0 Å². The molecular weight excluding hydrogens is 1300 g/mol. The van der Waals surface area contributed by atoms with Crippen LogP contribution < -0.4 is 5.32 Å². The number of aromatic nitrogens is 1. The normalized spacial score (nSPS) is 46.6. The van der Waals surface area contributed by atoms with Crippen LogP contribution in [0.4, 0.5) is 0 Å². The molecule has 35 atom stereocenters. The van der Waals surface area contributed by atoms with Gasteiger partial charge in [0.05, 0.1) is 39.6 Å². The van der Waals surface area contributed by atoms with Gasteiger partial charge in [-0.2, -0.15) is 0 Å². The van der Waals surface area contributed by atoms with Gasteiger partial charge in [-0.05, 0) is 11.1 Å². The number of benzene rings is 2. The number of aliphatic hydroxyl groups is 20. The monoisotopic (exact) mass is 1380 g/mol. The molecule has 538 valence electrons. The zero-order valence-corrected chi connectivity index (χ0v) is 50.4. The molecule has 1 amide bonds. The Kier molecular flexibility index (Phi) is 23.8. The number of hydrogen-bond acceptors (Lipinski definition) is 37. The molecule has 21 saturated heterocycles. The maximum Gasteiger partial charge on any atom is 0.256 e. The molecule has 0 unspecified atom stereocenters. The number of ether oxygens (including phenoxy) is 14. The van der Waals surface area contributed by atoms with Gasteiger partial charge in [0.2, 0.25) is 0 Å². The van der Waals surface area contributed by atoms with Gasteiger partial charge in [0.25, 0.3) is 5.91 Å². The Balaban J connectivity index is 0.885. The lowest BCUT2D eigenvalue weighted by Crippen LogP contribution is -2.68. The Labute approximate surface area is 542 Å². The average Bonchev–Trinajstić information content (AvgIpc) is 0.953. The molecule has 0 radical (unpaired) electrons. The van der Waals surface area contributed by atoms with Crippen LogP contribution in [0.2, 0.25) is 0 Å². The molecular formula is C58H80N2O36. The lowest BCUT2D eigenvalue weighted by Gasteiger charge is -2.50. The number of carbonyl (C=O) groups is 1. The van der Waals surface area contributed by atoms with Crippen LogP contribution in [-0.2, 0) is 66.3 Å². The fourth-order valence-corrected chi connectivity index (χ4v) is 12.8. The zero-order valence-electron chi connectivity index (χ0n) is 50.4. The first-order chi connectivity index (χ1) is 46.0. The van der Waals surface area contributed by atoms with Crippen molar-refractivity contribution in [2.24, 2.45) is 0 Å². The minimum atomic E-state index is -2.30. The molecule has 38 heteroatoms. The maximum atomic E-state index is 14.2. The molecule has 0 saturated carbocycles. The van der Waals surface area contributed by atoms with Crippen LogP contribution >= 0.6 is 0 Å². The number of hydrogen-bond donors (Lipinski definition) is 21. The number of nitrogens with one attached hydrogen (secondary N) is 1. The highest BCUT2D eigenvalue weighted by Gasteiger charge is 2.60. The number of amides is 1. The van der Waals surface area contributed by atoms with Crippen LogP contribution in [0.1, 0.15) is 10.4 Å². The first-order valence-electron chi connectivity index (χ1n) is 30.8. The van der Waals surface area contributed by atoms with Crippen molar-refractivity contribution in [3.8, 4) is 22.4 Å². The standard InChI is InChI=1S/C58H80N2O36/c61-11-23-45-32(69)39(76)54(85-23)93-47-25(13-63)87-56(41(78)34(47)71)95-49-27(15-65)89-58(43(80)36(49)73)96-50-28(16-66)88-57(42(79)35(50)72)94-48-26(14-64)86-55(40(77)33(48)70)92-46-24(12-62)84-53(38(75)31(46)68)90-44-22(83-52(91-45)37(74)30(44)67)10-59-51(81)21-17-82-60-29(21)20-8-6-19(7-9-20)18-4-2-1-3-5-18/h1-9,17,22-28,30-50,52-58,61-80H,10-16H2,(H,59,81)/t22-,23-,24-,25-,26-,27-,28-,30-,31-,32-,33-,34-,35-,36-,37-,38-,39-,40-,41-,42-,43-,44-,45-,46-,47-,48-,49-,50-,52-,53-,54-,55-,56-,57-,58-/m1/s1. The van der Waals surface area contributed by atoms with Gasteiger partial charge in [0, 0.05) is 12.1 Å². The second-order valence-corrected chi connectivity index (χ2v) is 24.2. The van der Waals surface area contributed by atoms with Crippen LogP contribution in [0.3, 0.4) is 0 Å². The Hall–Kier alpha value is -4.24. The summed E-state index contributed by atoms with van der Waals surface area (Å²) in [6.07, 6.45) is -71.1. The van der Waals surface area contributed by atoms with Crippen molar-refractivity contribution in [3.05, 3.63) is 66.4 Å². The average molecular weight is 1380 g/mol. The molecule has 21 fully saturated rings. The Morgan fingerprint density at radius 2 is 0.552 bits per heavy atom. The van der Waals surface area contributed by atoms with Crippen molar-refractivity contribution in [1.82, 2.24) is 10.5 Å². The second kappa shape index (κ2) is 31.3. The van der Waals surface area contributed by atoms with E-state index in [4.69, 9.17) is 70.8 Å². The van der Waals surface area contributed by atoms with E-state index in [0.29, 0.717) is 5.56 Å². The summed E-state index contributed by atoms with van der Waals surface area (Å²) in [7, 11) is 0. The number of aliphatic hydroxyl groups excluding tert-OH is 20. The van der Waals surface area contributed by atoms with E-state index in [1.54, 1.807) is 24.3 Å². The van der Waals surface area contributed by atoms with Gasteiger partial charge < -0.3 is 178 Å². The summed E-state index contributed by atoms with van der Waals surface area (Å²) < 4.78 is 86.8. The highest BCUT2D eigenvalue weighted by molar-refractivity contribution is 5.99. The van der Waals surface area contributed by atoms with Crippen LogP contribution in [0.25, 0.3) is 22.4 Å². The summed E-state index contributed by atoms with van der Waals surface area (Å²) in [6, 6.07) is 16.3. The highest BCUT2D eigenvalue weighted by Crippen LogP contribution is 2.40. The molecule has 96 heavy (non-hydrogen) atoms. The van der Waals surface area contributed by atoms with E-state index in [-0.39, 0.29) is 11.3 Å². The molecule has 14 bridgehead atoms. The van der Waals surface area contributed by atoms with Crippen LogP contribution in [0.15, 0.2) is 65.4 Å². The Bertz CT molecular complexity index is 2930. The van der Waals surface area contributed by atoms with Crippen LogP contribution in [0, 0.1) is 0 Å². The molecule has 21 aliphatic heterocycles. The van der Waals surface area contributed by atoms with Gasteiger partial charge >= 0.3 is 0 Å². The molecule has 1 aromatic heterocycles. The lowest BCUT2D eigenvalue weighted by atomic mass is 9.95. The summed E-state index contributed by atoms with van der Waals surface area (Å²) in [5, 5.41) is 232. The van der Waals surface area contributed by atoms with Crippen LogP contribution in [-0.4, -0.2) is 374 Å². The maximum absolute atomic E-state index is 14.2. The van der Waals surface area contributed by atoms with Crippen molar-refractivity contribution in [3.63, 3.8) is 0 Å². The third-order valence-electron chi connectivity index (χ3n) is 18.1. The van der Waals surface area contributed by atoms with Gasteiger partial charge in [-0.25, -0.2) is 0 Å². The highest BCUT2D eigenvalue weighted by atomic mass is 16.8. The molecule has 38 nitrogen and oxygen atoms in total. The van der Waals surface area contributed by atoms with E-state index >= 15 is 0 Å². The minimum Gasteiger partial charge on any atom is -0.394 e. The quantitative estimate of drug-likeness (QED) is 0.0848. The lowest BCUT2D eigenvalue weighted by molar-refractivity contribution is -0.396. The van der Waals surface area contributed by atoms with Crippen molar-refractivity contribution in [2.45, 2.75) is 215 Å². The Morgan fingerprint density at radius 1 is 0.312 bits per heavy atom. The van der Waals surface area contributed by atoms with Gasteiger partial charge in [-0.1, -0.05) is 59.8 Å². The van der Waals surface area contributed by atoms with Gasteiger partial charge in [0.1, 0.15) is 188 Å². The van der Waals surface area contributed by atoms with Crippen molar-refractivity contribution in [1.29, 1.82) is 0 Å². The molecule has 0 spiro atoms. The first kappa shape index (κ1) is 73.0. The molecule has 2 aromatic carbocycles. The molecule has 0 aliphatic carbocycles. The summed E-state index contributed by atoms with van der Waals surface area (Å²) in [6.45, 7) is -7.21. The van der Waals surface area contributed by atoms with E-state index in [2.05, 4.69) is 10.5 Å². The van der Waals surface area contributed by atoms with Crippen molar-refractivity contribution >= 4 is 5.91 Å². The smallest absolute Gasteiger partial charge is 0.256 e. The minimum absolute atomic E-state index is 0.0678. The van der Waals surface area contributed by atoms with E-state index in [1.165, 1.54) is 0 Å². The van der Waals surface area contributed by atoms with E-state index in [0.717, 1.165) is 17.4 Å². The van der Waals surface area contributed by atoms with Crippen molar-refractivity contribution < 1.29 is 178 Å². The molecule has 3 aromatic rings. The fourth-order valence-electron chi connectivity index (χ4n) is 12.8. The number of carbonyl (C=O) groups excluding carboxylic acids is 1. The third kappa shape index (κ3) is 14.5. The van der Waals surface area contributed by atoms with Gasteiger partial charge in [-0.15, -0.1) is 0 Å². The number of rotatable bonds is 11. The third-order valence-corrected chi connectivity index (χ3v) is 18.1. The topological polar surface area (TPSA) is 589 Å². The summed E-state index contributed by atoms with van der Waals surface area (Å²) in [4.78, 5) is 14.2. The molecule has 21 aliphatic rings.